The summed E-state index contributed by atoms with van der Waals surface area (Å²) in [7, 11) is 0. The number of hydrogen-bond acceptors (Lipinski definition) is 4. The van der Waals surface area contributed by atoms with E-state index in [4.69, 9.17) is 16.0 Å². The topological polar surface area (TPSA) is 69.2 Å². The van der Waals surface area contributed by atoms with Gasteiger partial charge in [-0.2, -0.15) is 0 Å². The summed E-state index contributed by atoms with van der Waals surface area (Å²) >= 11 is 5.88. The molecule has 21 heavy (non-hydrogen) atoms. The Morgan fingerprint density at radius 1 is 1.19 bits per heavy atom. The molecule has 0 fully saturated rings. The molecule has 0 N–H and O–H groups in total. The minimum Gasteiger partial charge on any atom is -0.437 e. The third kappa shape index (κ3) is 2.93. The predicted octanol–water partition coefficient (Wildman–Crippen LogP) is 4.56. The van der Waals surface area contributed by atoms with Crippen LogP contribution in [-0.2, 0) is 0 Å². The van der Waals surface area contributed by atoms with Crippen LogP contribution >= 0.6 is 11.6 Å². The van der Waals surface area contributed by atoms with Crippen LogP contribution < -0.4 is 0 Å². The predicted molar refractivity (Wildman–Crippen MR) is 81.0 cm³/mol. The lowest BCUT2D eigenvalue weighted by Gasteiger charge is -1.93. The van der Waals surface area contributed by atoms with Gasteiger partial charge in [-0.25, -0.2) is 4.98 Å². The van der Waals surface area contributed by atoms with Crippen molar-refractivity contribution in [2.24, 2.45) is 0 Å². The summed E-state index contributed by atoms with van der Waals surface area (Å²) in [6.07, 6.45) is 3.37. The summed E-state index contributed by atoms with van der Waals surface area (Å²) in [6, 6.07) is 11.5. The van der Waals surface area contributed by atoms with Crippen molar-refractivity contribution in [1.82, 2.24) is 4.98 Å². The molecule has 1 heterocycles. The van der Waals surface area contributed by atoms with Crippen molar-refractivity contribution in [2.75, 3.05) is 0 Å². The van der Waals surface area contributed by atoms with Crippen LogP contribution in [0.5, 0.6) is 0 Å². The standard InChI is InChI=1S/C15H9ClN2O3/c16-11-5-6-14-13(9-11)17-15(21-14)7-4-10-2-1-3-12(8-10)18(19)20/h1-9H. The van der Waals surface area contributed by atoms with Crippen LogP contribution in [0.3, 0.4) is 0 Å². The molecule has 0 saturated carbocycles. The zero-order chi connectivity index (χ0) is 14.8. The molecule has 5 nitrogen and oxygen atoms in total. The monoisotopic (exact) mass is 300 g/mol. The number of non-ortho nitro benzene ring substituents is 1. The molecule has 0 spiro atoms. The van der Waals surface area contributed by atoms with Gasteiger partial charge in [0.15, 0.2) is 5.58 Å². The van der Waals surface area contributed by atoms with E-state index in [1.165, 1.54) is 12.1 Å². The first-order chi connectivity index (χ1) is 10.1. The molecule has 0 aliphatic carbocycles. The van der Waals surface area contributed by atoms with Crippen molar-refractivity contribution < 1.29 is 9.34 Å². The molecular weight excluding hydrogens is 292 g/mol. The van der Waals surface area contributed by atoms with Crippen LogP contribution in [0, 0.1) is 10.1 Å². The average Bonchev–Trinajstić information content (AvgIpc) is 2.87. The molecule has 0 atom stereocenters. The van der Waals surface area contributed by atoms with Crippen molar-refractivity contribution in [1.29, 1.82) is 0 Å². The highest BCUT2D eigenvalue weighted by atomic mass is 35.5. The maximum atomic E-state index is 10.7. The Labute approximate surface area is 124 Å². The highest BCUT2D eigenvalue weighted by molar-refractivity contribution is 6.31. The van der Waals surface area contributed by atoms with E-state index >= 15 is 0 Å². The second-order valence-electron chi connectivity index (χ2n) is 4.35. The number of halogens is 1. The fraction of sp³-hybridized carbons (Fsp3) is 0. The van der Waals surface area contributed by atoms with Gasteiger partial charge >= 0.3 is 0 Å². The highest BCUT2D eigenvalue weighted by Gasteiger charge is 2.05. The summed E-state index contributed by atoms with van der Waals surface area (Å²) in [5.74, 6) is 0.416. The van der Waals surface area contributed by atoms with E-state index in [0.717, 1.165) is 0 Å². The smallest absolute Gasteiger partial charge is 0.270 e. The zero-order valence-corrected chi connectivity index (χ0v) is 11.4. The first-order valence-corrected chi connectivity index (χ1v) is 6.48. The first kappa shape index (κ1) is 13.3. The molecule has 1 aromatic heterocycles. The Kier molecular flexibility index (Phi) is 3.41. The van der Waals surface area contributed by atoms with Crippen LogP contribution in [0.2, 0.25) is 5.02 Å². The van der Waals surface area contributed by atoms with E-state index < -0.39 is 4.92 Å². The van der Waals surface area contributed by atoms with Gasteiger partial charge in [0.25, 0.3) is 5.69 Å². The second kappa shape index (κ2) is 5.38. The van der Waals surface area contributed by atoms with E-state index in [2.05, 4.69) is 4.98 Å². The number of benzene rings is 2. The Morgan fingerprint density at radius 3 is 2.86 bits per heavy atom. The lowest BCUT2D eigenvalue weighted by Crippen LogP contribution is -1.87. The van der Waals surface area contributed by atoms with Crippen LogP contribution in [0.15, 0.2) is 46.9 Å². The van der Waals surface area contributed by atoms with Crippen LogP contribution in [0.25, 0.3) is 23.3 Å². The van der Waals surface area contributed by atoms with Crippen LogP contribution in [0.1, 0.15) is 11.5 Å². The molecule has 104 valence electrons. The maximum absolute atomic E-state index is 10.7. The largest absolute Gasteiger partial charge is 0.437 e. The summed E-state index contributed by atoms with van der Waals surface area (Å²) < 4.78 is 5.53. The number of rotatable bonds is 3. The van der Waals surface area contributed by atoms with Crippen molar-refractivity contribution in [3.8, 4) is 0 Å². The Hall–Kier alpha value is -2.66. The molecule has 0 saturated heterocycles. The van der Waals surface area contributed by atoms with E-state index in [1.54, 1.807) is 42.5 Å². The quantitative estimate of drug-likeness (QED) is 0.525. The van der Waals surface area contributed by atoms with E-state index in [9.17, 15) is 10.1 Å². The van der Waals surface area contributed by atoms with Crippen LogP contribution in [-0.4, -0.2) is 9.91 Å². The molecule has 0 bridgehead atoms. The summed E-state index contributed by atoms with van der Waals surface area (Å²) in [5.41, 5.74) is 2.05. The lowest BCUT2D eigenvalue weighted by molar-refractivity contribution is -0.384. The average molecular weight is 301 g/mol. The van der Waals surface area contributed by atoms with E-state index in [1.807, 2.05) is 0 Å². The fourth-order valence-electron chi connectivity index (χ4n) is 1.90. The normalized spacial score (nSPS) is 11.3. The number of oxazole rings is 1. The lowest BCUT2D eigenvalue weighted by atomic mass is 10.2. The number of nitro benzene ring substituents is 1. The fourth-order valence-corrected chi connectivity index (χ4v) is 2.07. The SMILES string of the molecule is O=[N+]([O-])c1cccc(C=Cc2nc3cc(Cl)ccc3o2)c1. The Morgan fingerprint density at radius 2 is 2.05 bits per heavy atom. The second-order valence-corrected chi connectivity index (χ2v) is 4.79. The molecule has 0 aliphatic heterocycles. The van der Waals surface area contributed by atoms with Gasteiger partial charge in [-0.1, -0.05) is 23.7 Å². The van der Waals surface area contributed by atoms with Crippen molar-refractivity contribution >= 4 is 40.5 Å². The third-order valence-electron chi connectivity index (χ3n) is 2.87. The third-order valence-corrected chi connectivity index (χ3v) is 3.10. The van der Waals surface area contributed by atoms with Gasteiger partial charge in [-0.05, 0) is 29.8 Å². The van der Waals surface area contributed by atoms with Gasteiger partial charge < -0.3 is 4.42 Å². The van der Waals surface area contributed by atoms with E-state index in [0.29, 0.717) is 27.6 Å². The van der Waals surface area contributed by atoms with Gasteiger partial charge in [0, 0.05) is 23.2 Å². The maximum Gasteiger partial charge on any atom is 0.270 e. The molecule has 2 aromatic carbocycles. The first-order valence-electron chi connectivity index (χ1n) is 6.10. The van der Waals surface area contributed by atoms with Gasteiger partial charge in [0.2, 0.25) is 5.89 Å². The number of hydrogen-bond donors (Lipinski definition) is 0. The molecule has 0 radical (unpaired) electrons. The number of fused-ring (bicyclic) bond motifs is 1. The number of nitro groups is 1. The number of nitrogens with zero attached hydrogens (tertiary/aromatic N) is 2. The minimum atomic E-state index is -0.432. The Balaban J connectivity index is 1.90. The zero-order valence-electron chi connectivity index (χ0n) is 10.7. The Bertz CT molecular complexity index is 855. The minimum absolute atomic E-state index is 0.0431. The summed E-state index contributed by atoms with van der Waals surface area (Å²) in [5, 5.41) is 11.3. The summed E-state index contributed by atoms with van der Waals surface area (Å²) in [4.78, 5) is 14.6. The van der Waals surface area contributed by atoms with Gasteiger partial charge in [0.1, 0.15) is 5.52 Å². The van der Waals surface area contributed by atoms with Gasteiger partial charge in [-0.15, -0.1) is 0 Å². The number of aromatic nitrogens is 1. The highest BCUT2D eigenvalue weighted by Crippen LogP contribution is 2.21. The molecule has 0 unspecified atom stereocenters. The van der Waals surface area contributed by atoms with Crippen molar-refractivity contribution in [3.05, 3.63) is 69.1 Å². The molecule has 0 aliphatic rings. The molecule has 0 amide bonds. The van der Waals surface area contributed by atoms with Crippen molar-refractivity contribution in [2.45, 2.75) is 0 Å². The molecule has 6 heteroatoms. The molecule has 3 rings (SSSR count). The van der Waals surface area contributed by atoms with Gasteiger partial charge in [0.05, 0.1) is 4.92 Å². The van der Waals surface area contributed by atoms with Gasteiger partial charge in [-0.3, -0.25) is 10.1 Å². The molecule has 3 aromatic rings. The summed E-state index contributed by atoms with van der Waals surface area (Å²) in [6.45, 7) is 0. The van der Waals surface area contributed by atoms with E-state index in [-0.39, 0.29) is 5.69 Å². The van der Waals surface area contributed by atoms with Crippen molar-refractivity contribution in [3.63, 3.8) is 0 Å². The van der Waals surface area contributed by atoms with Crippen LogP contribution in [0.4, 0.5) is 5.69 Å². The molecular formula is C15H9ClN2O3.